The van der Waals surface area contributed by atoms with Crippen molar-refractivity contribution in [1.29, 1.82) is 0 Å². The van der Waals surface area contributed by atoms with E-state index in [1.807, 2.05) is 5.38 Å². The second-order valence-corrected chi connectivity index (χ2v) is 7.74. The highest BCUT2D eigenvalue weighted by molar-refractivity contribution is 7.91. The normalized spacial score (nSPS) is 21.2. The minimum Gasteiger partial charge on any atom is -0.352 e. The summed E-state index contributed by atoms with van der Waals surface area (Å²) in [4.78, 5) is 24.0. The number of rotatable bonds is 5. The van der Waals surface area contributed by atoms with Crippen LogP contribution in [0.2, 0.25) is 0 Å². The Morgan fingerprint density at radius 3 is 2.74 bits per heavy atom. The summed E-state index contributed by atoms with van der Waals surface area (Å²) in [6.07, 6.45) is 0.728. The molecule has 1 saturated heterocycles. The highest BCUT2D eigenvalue weighted by atomic mass is 32.2. The summed E-state index contributed by atoms with van der Waals surface area (Å²) >= 11 is 1.35. The van der Waals surface area contributed by atoms with Gasteiger partial charge in [-0.3, -0.25) is 9.59 Å². The van der Waals surface area contributed by atoms with Crippen LogP contribution in [0.4, 0.5) is 0 Å². The van der Waals surface area contributed by atoms with Crippen LogP contribution < -0.4 is 5.32 Å². The van der Waals surface area contributed by atoms with Gasteiger partial charge in [-0.25, -0.2) is 8.42 Å². The number of sulfone groups is 1. The molecule has 1 N–H and O–H groups in total. The van der Waals surface area contributed by atoms with E-state index in [4.69, 9.17) is 0 Å². The Kier molecular flexibility index (Phi) is 4.36. The number of hydrogen-bond acceptors (Lipinski definition) is 5. The summed E-state index contributed by atoms with van der Waals surface area (Å²) in [6.45, 7) is 0. The van der Waals surface area contributed by atoms with Crippen LogP contribution in [-0.4, -0.2) is 37.7 Å². The zero-order valence-corrected chi connectivity index (χ0v) is 11.9. The second-order valence-electron chi connectivity index (χ2n) is 4.57. The Morgan fingerprint density at radius 2 is 2.16 bits per heavy atom. The molecule has 0 aromatic carbocycles. The van der Waals surface area contributed by atoms with Crippen molar-refractivity contribution in [3.05, 3.63) is 22.4 Å². The molecule has 7 heteroatoms. The molecule has 0 radical (unpaired) electrons. The summed E-state index contributed by atoms with van der Waals surface area (Å²) in [5.74, 6) is -0.167. The van der Waals surface area contributed by atoms with Crippen LogP contribution in [-0.2, 0) is 14.6 Å². The first kappa shape index (κ1) is 14.2. The second kappa shape index (κ2) is 5.83. The number of hydrogen-bond donors (Lipinski definition) is 1. The number of nitrogens with one attached hydrogen (secondary N) is 1. The molecular formula is C12H15NO4S2. The third-order valence-electron chi connectivity index (χ3n) is 2.97. The van der Waals surface area contributed by atoms with Gasteiger partial charge >= 0.3 is 0 Å². The maximum Gasteiger partial charge on any atom is 0.220 e. The molecule has 5 nitrogen and oxygen atoms in total. The molecule has 1 aromatic rings. The summed E-state index contributed by atoms with van der Waals surface area (Å²) in [5, 5.41) is 4.48. The van der Waals surface area contributed by atoms with Gasteiger partial charge in [0.2, 0.25) is 5.91 Å². The molecule has 0 bridgehead atoms. The summed E-state index contributed by atoms with van der Waals surface area (Å²) in [5.41, 5.74) is 0. The predicted molar refractivity (Wildman–Crippen MR) is 73.1 cm³/mol. The van der Waals surface area contributed by atoms with E-state index in [-0.39, 0.29) is 42.1 Å². The SMILES string of the molecule is O=C(CCC(=O)c1cccs1)NC1CCS(=O)(=O)C1. The van der Waals surface area contributed by atoms with Crippen LogP contribution in [0.25, 0.3) is 0 Å². The number of carbonyl (C=O) groups is 2. The van der Waals surface area contributed by atoms with E-state index in [9.17, 15) is 18.0 Å². The highest BCUT2D eigenvalue weighted by Gasteiger charge is 2.28. The van der Waals surface area contributed by atoms with Gasteiger partial charge in [0.25, 0.3) is 0 Å². The lowest BCUT2D eigenvalue weighted by Crippen LogP contribution is -2.35. The van der Waals surface area contributed by atoms with Crippen LogP contribution >= 0.6 is 11.3 Å². The summed E-state index contributed by atoms with van der Waals surface area (Å²) < 4.78 is 22.5. The average molecular weight is 301 g/mol. The minimum atomic E-state index is -2.99. The van der Waals surface area contributed by atoms with Crippen LogP contribution in [0.3, 0.4) is 0 Å². The third-order valence-corrected chi connectivity index (χ3v) is 5.65. The molecule has 1 unspecified atom stereocenters. The zero-order chi connectivity index (χ0) is 13.9. The minimum absolute atomic E-state index is 0.0115. The monoisotopic (exact) mass is 301 g/mol. The molecule has 1 aliphatic heterocycles. The molecule has 0 saturated carbocycles. The van der Waals surface area contributed by atoms with E-state index < -0.39 is 9.84 Å². The number of amides is 1. The Labute approximate surface area is 115 Å². The van der Waals surface area contributed by atoms with Gasteiger partial charge in [-0.05, 0) is 17.9 Å². The van der Waals surface area contributed by atoms with Crippen LogP contribution in [0.15, 0.2) is 17.5 Å². The van der Waals surface area contributed by atoms with Crippen LogP contribution in [0, 0.1) is 0 Å². The first-order valence-electron chi connectivity index (χ1n) is 6.03. The lowest BCUT2D eigenvalue weighted by atomic mass is 10.1. The van der Waals surface area contributed by atoms with Crippen molar-refractivity contribution in [1.82, 2.24) is 5.32 Å². The fraction of sp³-hybridized carbons (Fsp3) is 0.500. The fourth-order valence-corrected chi connectivity index (χ4v) is 4.36. The molecule has 1 fully saturated rings. The van der Waals surface area contributed by atoms with Gasteiger partial charge in [0.1, 0.15) is 0 Å². The molecule has 19 heavy (non-hydrogen) atoms. The molecule has 1 aliphatic rings. The van der Waals surface area contributed by atoms with Gasteiger partial charge in [-0.15, -0.1) is 11.3 Å². The largest absolute Gasteiger partial charge is 0.352 e. The highest BCUT2D eigenvalue weighted by Crippen LogP contribution is 2.14. The first-order chi connectivity index (χ1) is 8.96. The van der Waals surface area contributed by atoms with E-state index in [0.717, 1.165) is 0 Å². The summed E-state index contributed by atoms with van der Waals surface area (Å²) in [7, 11) is -2.99. The molecule has 0 aliphatic carbocycles. The maximum absolute atomic E-state index is 11.7. The van der Waals surface area contributed by atoms with Crippen molar-refractivity contribution in [3.63, 3.8) is 0 Å². The fourth-order valence-electron chi connectivity index (χ4n) is 2.00. The molecule has 0 spiro atoms. The van der Waals surface area contributed by atoms with Crippen LogP contribution in [0.5, 0.6) is 0 Å². The Balaban J connectivity index is 1.75. The molecular weight excluding hydrogens is 286 g/mol. The molecule has 1 aromatic heterocycles. The van der Waals surface area contributed by atoms with Gasteiger partial charge in [0.05, 0.1) is 16.4 Å². The van der Waals surface area contributed by atoms with Crippen LogP contribution in [0.1, 0.15) is 28.9 Å². The van der Waals surface area contributed by atoms with Gasteiger partial charge in [-0.1, -0.05) is 6.07 Å². The van der Waals surface area contributed by atoms with E-state index in [1.165, 1.54) is 11.3 Å². The standard InChI is InChI=1S/C12H15NO4S2/c14-10(11-2-1-6-18-11)3-4-12(15)13-9-5-7-19(16,17)8-9/h1-2,6,9H,3-5,7-8H2,(H,13,15). The van der Waals surface area contributed by atoms with Crippen molar-refractivity contribution in [2.45, 2.75) is 25.3 Å². The van der Waals surface area contributed by atoms with Crippen molar-refractivity contribution in [3.8, 4) is 0 Å². The Morgan fingerprint density at radius 1 is 1.37 bits per heavy atom. The third kappa shape index (κ3) is 4.14. The van der Waals surface area contributed by atoms with Gasteiger partial charge < -0.3 is 5.32 Å². The molecule has 104 valence electrons. The van der Waals surface area contributed by atoms with Crippen molar-refractivity contribution >= 4 is 32.9 Å². The maximum atomic E-state index is 11.7. The number of carbonyl (C=O) groups excluding carboxylic acids is 2. The Bertz CT molecular complexity index is 563. The van der Waals surface area contributed by atoms with Gasteiger partial charge in [0, 0.05) is 18.9 Å². The molecule has 2 rings (SSSR count). The van der Waals surface area contributed by atoms with E-state index in [1.54, 1.807) is 12.1 Å². The van der Waals surface area contributed by atoms with E-state index in [2.05, 4.69) is 5.32 Å². The summed E-state index contributed by atoms with van der Waals surface area (Å²) in [6, 6.07) is 3.23. The predicted octanol–water partition coefficient (Wildman–Crippen LogP) is 1.01. The number of ketones is 1. The lowest BCUT2D eigenvalue weighted by molar-refractivity contribution is -0.121. The first-order valence-corrected chi connectivity index (χ1v) is 8.73. The van der Waals surface area contributed by atoms with Gasteiger partial charge in [0.15, 0.2) is 15.6 Å². The topological polar surface area (TPSA) is 80.3 Å². The Hall–Kier alpha value is -1.21. The van der Waals surface area contributed by atoms with Crippen molar-refractivity contribution in [2.24, 2.45) is 0 Å². The van der Waals surface area contributed by atoms with Gasteiger partial charge in [-0.2, -0.15) is 0 Å². The quantitative estimate of drug-likeness (QED) is 0.823. The van der Waals surface area contributed by atoms with Crippen molar-refractivity contribution in [2.75, 3.05) is 11.5 Å². The number of thiophene rings is 1. The molecule has 1 atom stereocenters. The average Bonchev–Trinajstić information content (AvgIpc) is 2.96. The smallest absolute Gasteiger partial charge is 0.220 e. The lowest BCUT2D eigenvalue weighted by Gasteiger charge is -2.10. The zero-order valence-electron chi connectivity index (χ0n) is 10.3. The number of Topliss-reactive ketones (excluding diaryl/α,β-unsaturated/α-hetero) is 1. The van der Waals surface area contributed by atoms with E-state index in [0.29, 0.717) is 11.3 Å². The molecule has 2 heterocycles. The molecule has 1 amide bonds. The van der Waals surface area contributed by atoms with Crippen molar-refractivity contribution < 1.29 is 18.0 Å². The van der Waals surface area contributed by atoms with E-state index >= 15 is 0 Å².